The number of amides is 1. The van der Waals surface area contributed by atoms with E-state index in [1.807, 2.05) is 29.2 Å². The number of nitrogens with two attached hydrogens (primary N) is 1. The van der Waals surface area contributed by atoms with Crippen LogP contribution in [0.2, 0.25) is 0 Å². The molecule has 1 aliphatic rings. The largest absolute Gasteiger partial charge is 0.326 e. The van der Waals surface area contributed by atoms with Crippen LogP contribution in [0.5, 0.6) is 0 Å². The van der Waals surface area contributed by atoms with Crippen LogP contribution in [0.25, 0.3) is 0 Å². The monoisotopic (exact) mass is 311 g/mol. The number of sulfone groups is 1. The van der Waals surface area contributed by atoms with Crippen molar-refractivity contribution in [2.75, 3.05) is 29.9 Å². The van der Waals surface area contributed by atoms with Gasteiger partial charge in [-0.25, -0.2) is 8.42 Å². The Kier molecular flexibility index (Phi) is 4.97. The van der Waals surface area contributed by atoms with Gasteiger partial charge in [-0.1, -0.05) is 12.1 Å². The zero-order valence-electron chi connectivity index (χ0n) is 12.1. The fourth-order valence-electron chi connectivity index (χ4n) is 2.30. The van der Waals surface area contributed by atoms with Crippen molar-refractivity contribution < 1.29 is 13.2 Å². The topological polar surface area (TPSA) is 92.5 Å². The first-order valence-electron chi connectivity index (χ1n) is 6.95. The lowest BCUT2D eigenvalue weighted by Gasteiger charge is -2.31. The average Bonchev–Trinajstić information content (AvgIpc) is 2.46. The molecule has 1 aromatic rings. The molecule has 1 unspecified atom stereocenters. The predicted octanol–water partition coefficient (Wildman–Crippen LogP) is 0.203. The molecular weight excluding hydrogens is 290 g/mol. The highest BCUT2D eigenvalue weighted by Gasteiger charge is 2.28. The van der Waals surface area contributed by atoms with Crippen molar-refractivity contribution in [1.82, 2.24) is 4.90 Å². The summed E-state index contributed by atoms with van der Waals surface area (Å²) in [6, 6.07) is 7.03. The summed E-state index contributed by atoms with van der Waals surface area (Å²) in [4.78, 5) is 14.1. The van der Waals surface area contributed by atoms with E-state index in [9.17, 15) is 13.2 Å². The minimum absolute atomic E-state index is 0.118. The molecule has 1 fully saturated rings. The van der Waals surface area contributed by atoms with Gasteiger partial charge in [0.1, 0.15) is 0 Å². The van der Waals surface area contributed by atoms with Crippen molar-refractivity contribution in [3.8, 4) is 0 Å². The van der Waals surface area contributed by atoms with E-state index in [1.54, 1.807) is 6.92 Å². The van der Waals surface area contributed by atoms with Crippen LogP contribution in [0.3, 0.4) is 0 Å². The molecule has 21 heavy (non-hydrogen) atoms. The molecule has 0 radical (unpaired) electrons. The lowest BCUT2D eigenvalue weighted by Crippen LogP contribution is -2.49. The molecule has 6 nitrogen and oxygen atoms in total. The summed E-state index contributed by atoms with van der Waals surface area (Å²) in [5.74, 6) is 0.101. The second-order valence-corrected chi connectivity index (χ2v) is 7.56. The van der Waals surface area contributed by atoms with Crippen molar-refractivity contribution in [3.63, 3.8) is 0 Å². The summed E-state index contributed by atoms with van der Waals surface area (Å²) in [7, 11) is -2.93. The lowest BCUT2D eigenvalue weighted by molar-refractivity contribution is -0.120. The first-order valence-corrected chi connectivity index (χ1v) is 8.78. The maximum absolute atomic E-state index is 12.2. The normalized spacial score (nSPS) is 19.9. The number of nitrogens with one attached hydrogen (secondary N) is 1. The van der Waals surface area contributed by atoms with E-state index in [0.717, 1.165) is 5.56 Å². The van der Waals surface area contributed by atoms with E-state index in [2.05, 4.69) is 5.32 Å². The number of benzene rings is 1. The van der Waals surface area contributed by atoms with E-state index in [4.69, 9.17) is 5.73 Å². The zero-order chi connectivity index (χ0) is 15.5. The van der Waals surface area contributed by atoms with Gasteiger partial charge in [0.05, 0.1) is 17.5 Å². The lowest BCUT2D eigenvalue weighted by atomic mass is 10.2. The molecule has 0 spiro atoms. The third kappa shape index (κ3) is 4.26. The highest BCUT2D eigenvalue weighted by Crippen LogP contribution is 2.13. The minimum atomic E-state index is -2.93. The van der Waals surface area contributed by atoms with Crippen LogP contribution < -0.4 is 11.1 Å². The first kappa shape index (κ1) is 15.9. The summed E-state index contributed by atoms with van der Waals surface area (Å²) in [6.07, 6.45) is 0. The standard InChI is InChI=1S/C14H21N3O3S/c1-11(17-5-7-21(19,20)8-6-17)14(18)16-13-4-2-3-12(9-13)10-15/h2-4,9,11H,5-8,10,15H2,1H3,(H,16,18). The second kappa shape index (κ2) is 6.55. The van der Waals surface area contributed by atoms with Gasteiger partial charge in [0.15, 0.2) is 9.84 Å². The van der Waals surface area contributed by atoms with Crippen molar-refractivity contribution in [1.29, 1.82) is 0 Å². The Morgan fingerprint density at radius 3 is 2.67 bits per heavy atom. The van der Waals surface area contributed by atoms with E-state index < -0.39 is 9.84 Å². The van der Waals surface area contributed by atoms with Gasteiger partial charge in [-0.3, -0.25) is 9.69 Å². The van der Waals surface area contributed by atoms with Crippen LogP contribution in [0.1, 0.15) is 12.5 Å². The summed E-state index contributed by atoms with van der Waals surface area (Å²) in [5, 5.41) is 2.85. The van der Waals surface area contributed by atoms with Crippen molar-refractivity contribution in [3.05, 3.63) is 29.8 Å². The number of carbonyl (C=O) groups is 1. The first-order chi connectivity index (χ1) is 9.91. The molecule has 116 valence electrons. The molecule has 3 N–H and O–H groups in total. The van der Waals surface area contributed by atoms with Gasteiger partial charge in [-0.2, -0.15) is 0 Å². The van der Waals surface area contributed by atoms with Gasteiger partial charge in [-0.05, 0) is 24.6 Å². The number of carbonyl (C=O) groups excluding carboxylic acids is 1. The third-order valence-electron chi connectivity index (χ3n) is 3.74. The highest BCUT2D eigenvalue weighted by molar-refractivity contribution is 7.91. The summed E-state index contributed by atoms with van der Waals surface area (Å²) in [5.41, 5.74) is 7.23. The molecule has 0 saturated carbocycles. The van der Waals surface area contributed by atoms with Crippen LogP contribution in [0.15, 0.2) is 24.3 Å². The molecule has 1 aliphatic heterocycles. The SMILES string of the molecule is CC(C(=O)Nc1cccc(CN)c1)N1CCS(=O)(=O)CC1. The number of anilines is 1. The molecule has 1 atom stereocenters. The van der Waals surface area contributed by atoms with Crippen molar-refractivity contribution in [2.24, 2.45) is 5.73 Å². The van der Waals surface area contributed by atoms with Crippen molar-refractivity contribution in [2.45, 2.75) is 19.5 Å². The Balaban J connectivity index is 1.96. The fraction of sp³-hybridized carbons (Fsp3) is 0.500. The van der Waals surface area contributed by atoms with Gasteiger partial charge in [0, 0.05) is 25.3 Å². The van der Waals surface area contributed by atoms with Crippen molar-refractivity contribution >= 4 is 21.4 Å². The maximum Gasteiger partial charge on any atom is 0.241 e. The molecule has 0 aromatic heterocycles. The average molecular weight is 311 g/mol. The molecule has 0 bridgehead atoms. The Labute approximate surface area is 125 Å². The molecule has 1 heterocycles. The zero-order valence-corrected chi connectivity index (χ0v) is 12.9. The number of nitrogens with zero attached hydrogens (tertiary/aromatic N) is 1. The van der Waals surface area contributed by atoms with Gasteiger partial charge < -0.3 is 11.1 Å². The maximum atomic E-state index is 12.2. The summed E-state index contributed by atoms with van der Waals surface area (Å²) >= 11 is 0. The van der Waals surface area contributed by atoms with Gasteiger partial charge in [-0.15, -0.1) is 0 Å². The Hall–Kier alpha value is -1.44. The van der Waals surface area contributed by atoms with Gasteiger partial charge in [0.2, 0.25) is 5.91 Å². The van der Waals surface area contributed by atoms with E-state index >= 15 is 0 Å². The smallest absolute Gasteiger partial charge is 0.241 e. The molecular formula is C14H21N3O3S. The Morgan fingerprint density at radius 2 is 2.05 bits per heavy atom. The summed E-state index contributed by atoms with van der Waals surface area (Å²) < 4.78 is 22.8. The molecule has 1 saturated heterocycles. The third-order valence-corrected chi connectivity index (χ3v) is 5.35. The number of hydrogen-bond acceptors (Lipinski definition) is 5. The highest BCUT2D eigenvalue weighted by atomic mass is 32.2. The van der Waals surface area contributed by atoms with Crippen LogP contribution in [-0.2, 0) is 21.2 Å². The minimum Gasteiger partial charge on any atom is -0.326 e. The molecule has 7 heteroatoms. The quantitative estimate of drug-likeness (QED) is 0.829. The van der Waals surface area contributed by atoms with E-state index in [0.29, 0.717) is 25.3 Å². The van der Waals surface area contributed by atoms with Crippen LogP contribution in [-0.4, -0.2) is 49.9 Å². The van der Waals surface area contributed by atoms with Crippen LogP contribution in [0, 0.1) is 0 Å². The van der Waals surface area contributed by atoms with Crippen LogP contribution in [0.4, 0.5) is 5.69 Å². The molecule has 2 rings (SSSR count). The number of rotatable bonds is 4. The van der Waals surface area contributed by atoms with E-state index in [-0.39, 0.29) is 23.5 Å². The number of hydrogen-bond donors (Lipinski definition) is 2. The fourth-order valence-corrected chi connectivity index (χ4v) is 3.53. The molecule has 1 amide bonds. The predicted molar refractivity (Wildman–Crippen MR) is 82.7 cm³/mol. The van der Waals surface area contributed by atoms with E-state index in [1.165, 1.54) is 0 Å². The summed E-state index contributed by atoms with van der Waals surface area (Å²) in [6.45, 7) is 3.02. The molecule has 1 aromatic carbocycles. The van der Waals surface area contributed by atoms with Gasteiger partial charge >= 0.3 is 0 Å². The second-order valence-electron chi connectivity index (χ2n) is 5.26. The van der Waals surface area contributed by atoms with Crippen LogP contribution >= 0.6 is 0 Å². The van der Waals surface area contributed by atoms with Gasteiger partial charge in [0.25, 0.3) is 0 Å². The Morgan fingerprint density at radius 1 is 1.38 bits per heavy atom. The Bertz CT molecular complexity index is 602. The molecule has 0 aliphatic carbocycles.